The Labute approximate surface area is 76.3 Å². The van der Waals surface area contributed by atoms with Crippen LogP contribution in [-0.4, -0.2) is 6.29 Å². The minimum atomic E-state index is 0.697. The zero-order valence-corrected chi connectivity index (χ0v) is 6.90. The minimum absolute atomic E-state index is 0.697. The summed E-state index contributed by atoms with van der Waals surface area (Å²) in [6, 6.07) is 7.25. The van der Waals surface area contributed by atoms with E-state index < -0.39 is 0 Å². The third-order valence-electron chi connectivity index (χ3n) is 1.51. The van der Waals surface area contributed by atoms with Gasteiger partial charge in [-0.3, -0.25) is 10.1 Å². The number of rotatable bonds is 3. The maximum absolute atomic E-state index is 10.1. The van der Waals surface area contributed by atoms with Crippen LogP contribution in [0.5, 0.6) is 0 Å². The number of nitriles is 1. The van der Waals surface area contributed by atoms with E-state index in [1.807, 2.05) is 24.4 Å². The molecule has 0 amide bonds. The molecule has 3 nitrogen and oxygen atoms in total. The molecule has 1 aromatic carbocycles. The van der Waals surface area contributed by atoms with Gasteiger partial charge in [-0.1, -0.05) is 18.2 Å². The largest absolute Gasteiger partial charge is 0.299 e. The van der Waals surface area contributed by atoms with Gasteiger partial charge in [0, 0.05) is 0 Å². The molecule has 0 aliphatic carbocycles. The number of nitrogens with one attached hydrogen (secondary N) is 1. The molecule has 0 fully saturated rings. The van der Waals surface area contributed by atoms with Gasteiger partial charge in [-0.2, -0.15) is 5.26 Å². The summed E-state index contributed by atoms with van der Waals surface area (Å²) in [5.41, 5.74) is 1.51. The number of carbonyl (C=O) groups is 1. The number of para-hydroxylation sites is 1. The normalized spacial score (nSPS) is 9.46. The predicted octanol–water partition coefficient (Wildman–Crippen LogP) is 1.79. The van der Waals surface area contributed by atoms with Crippen molar-refractivity contribution in [1.29, 1.82) is 5.26 Å². The van der Waals surface area contributed by atoms with Crippen LogP contribution < -0.4 is 5.32 Å². The summed E-state index contributed by atoms with van der Waals surface area (Å²) in [6.07, 6.45) is 5.56. The van der Waals surface area contributed by atoms with E-state index in [0.29, 0.717) is 12.0 Å². The number of aldehydes is 1. The molecule has 0 radical (unpaired) electrons. The van der Waals surface area contributed by atoms with E-state index in [9.17, 15) is 4.79 Å². The highest BCUT2D eigenvalue weighted by Gasteiger charge is 1.94. The highest BCUT2D eigenvalue weighted by molar-refractivity contribution is 5.78. The Morgan fingerprint density at radius 1 is 1.38 bits per heavy atom. The highest BCUT2D eigenvalue weighted by Crippen LogP contribution is 2.15. The van der Waals surface area contributed by atoms with E-state index in [-0.39, 0.29) is 0 Å². The van der Waals surface area contributed by atoms with Crippen molar-refractivity contribution in [3.05, 3.63) is 35.9 Å². The zero-order valence-electron chi connectivity index (χ0n) is 6.90. The molecule has 13 heavy (non-hydrogen) atoms. The van der Waals surface area contributed by atoms with E-state index >= 15 is 0 Å². The molecule has 0 saturated carbocycles. The van der Waals surface area contributed by atoms with Crippen molar-refractivity contribution in [2.45, 2.75) is 0 Å². The standard InChI is InChI=1S/C10H8N2O/c11-8-12-10-6-2-1-4-9(10)5-3-7-13/h1-7,12H. The molecule has 0 atom stereocenters. The monoisotopic (exact) mass is 172 g/mol. The van der Waals surface area contributed by atoms with Crippen molar-refractivity contribution in [1.82, 2.24) is 0 Å². The SMILES string of the molecule is N#CNc1ccccc1C=CC=O. The minimum Gasteiger partial charge on any atom is -0.299 e. The molecule has 0 unspecified atom stereocenters. The Balaban J connectivity index is 2.98. The molecule has 0 aliphatic heterocycles. The van der Waals surface area contributed by atoms with Crippen LogP contribution in [0.1, 0.15) is 5.56 Å². The summed E-state index contributed by atoms with van der Waals surface area (Å²) in [6.45, 7) is 0. The predicted molar refractivity (Wildman–Crippen MR) is 50.8 cm³/mol. The first-order chi connectivity index (χ1) is 6.38. The van der Waals surface area contributed by atoms with Crippen molar-refractivity contribution < 1.29 is 4.79 Å². The second-order valence-corrected chi connectivity index (χ2v) is 2.32. The molecule has 64 valence electrons. The maximum Gasteiger partial charge on any atom is 0.181 e. The summed E-state index contributed by atoms with van der Waals surface area (Å²) in [5, 5.41) is 10.9. The molecule has 1 aromatic rings. The number of carbonyl (C=O) groups excluding carboxylic acids is 1. The maximum atomic E-state index is 10.1. The third-order valence-corrected chi connectivity index (χ3v) is 1.51. The molecule has 3 heteroatoms. The first-order valence-electron chi connectivity index (χ1n) is 3.74. The third kappa shape index (κ3) is 2.46. The molecule has 0 aromatic heterocycles. The van der Waals surface area contributed by atoms with Gasteiger partial charge >= 0.3 is 0 Å². The summed E-state index contributed by atoms with van der Waals surface area (Å²) < 4.78 is 0. The Bertz CT molecular complexity index is 363. The number of allylic oxidation sites excluding steroid dienone is 1. The molecular weight excluding hydrogens is 164 g/mol. The summed E-state index contributed by atoms with van der Waals surface area (Å²) >= 11 is 0. The van der Waals surface area contributed by atoms with Gasteiger partial charge in [0.15, 0.2) is 6.19 Å². The average molecular weight is 172 g/mol. The summed E-state index contributed by atoms with van der Waals surface area (Å²) in [5.74, 6) is 0. The van der Waals surface area contributed by atoms with E-state index in [4.69, 9.17) is 5.26 Å². The lowest BCUT2D eigenvalue weighted by atomic mass is 10.1. The fraction of sp³-hybridized carbons (Fsp3) is 0. The lowest BCUT2D eigenvalue weighted by Gasteiger charge is -2.00. The van der Waals surface area contributed by atoms with Gasteiger partial charge in [0.25, 0.3) is 0 Å². The molecule has 0 heterocycles. The van der Waals surface area contributed by atoms with Crippen LogP contribution in [0.3, 0.4) is 0 Å². The van der Waals surface area contributed by atoms with Crippen LogP contribution in [0, 0.1) is 11.5 Å². The molecule has 0 bridgehead atoms. The molecule has 0 aliphatic rings. The second kappa shape index (κ2) is 4.73. The fourth-order valence-electron chi connectivity index (χ4n) is 0.959. The van der Waals surface area contributed by atoms with Crippen molar-refractivity contribution in [3.8, 4) is 6.19 Å². The van der Waals surface area contributed by atoms with Gasteiger partial charge in [-0.15, -0.1) is 0 Å². The molecular formula is C10H8N2O. The van der Waals surface area contributed by atoms with Gasteiger partial charge in [-0.25, -0.2) is 0 Å². The fourth-order valence-corrected chi connectivity index (χ4v) is 0.959. The van der Waals surface area contributed by atoms with Crippen molar-refractivity contribution in [2.75, 3.05) is 5.32 Å². The topological polar surface area (TPSA) is 52.9 Å². The number of anilines is 1. The van der Waals surface area contributed by atoms with Gasteiger partial charge in [-0.05, 0) is 23.8 Å². The van der Waals surface area contributed by atoms with Crippen LogP contribution >= 0.6 is 0 Å². The second-order valence-electron chi connectivity index (χ2n) is 2.32. The summed E-state index contributed by atoms with van der Waals surface area (Å²) in [4.78, 5) is 10.1. The Hall–Kier alpha value is -2.08. The van der Waals surface area contributed by atoms with Crippen molar-refractivity contribution >= 4 is 18.0 Å². The molecule has 0 saturated heterocycles. The van der Waals surface area contributed by atoms with Crippen LogP contribution in [-0.2, 0) is 4.79 Å². The van der Waals surface area contributed by atoms with Crippen LogP contribution in [0.2, 0.25) is 0 Å². The lowest BCUT2D eigenvalue weighted by Crippen LogP contribution is -1.89. The van der Waals surface area contributed by atoms with E-state index in [2.05, 4.69) is 5.32 Å². The molecule has 1 N–H and O–H groups in total. The highest BCUT2D eigenvalue weighted by atomic mass is 16.1. The molecule has 0 spiro atoms. The van der Waals surface area contributed by atoms with Gasteiger partial charge in [0.1, 0.15) is 6.29 Å². The van der Waals surface area contributed by atoms with E-state index in [1.54, 1.807) is 12.1 Å². The first-order valence-corrected chi connectivity index (χ1v) is 3.74. The Morgan fingerprint density at radius 2 is 2.15 bits per heavy atom. The van der Waals surface area contributed by atoms with Crippen LogP contribution in [0.4, 0.5) is 5.69 Å². The number of hydrogen-bond acceptors (Lipinski definition) is 3. The number of nitrogens with zero attached hydrogens (tertiary/aromatic N) is 1. The lowest BCUT2D eigenvalue weighted by molar-refractivity contribution is -0.104. The Morgan fingerprint density at radius 3 is 2.85 bits per heavy atom. The van der Waals surface area contributed by atoms with E-state index in [1.165, 1.54) is 6.08 Å². The summed E-state index contributed by atoms with van der Waals surface area (Å²) in [7, 11) is 0. The van der Waals surface area contributed by atoms with E-state index in [0.717, 1.165) is 5.56 Å². The molecule has 1 rings (SSSR count). The van der Waals surface area contributed by atoms with Crippen LogP contribution in [0.25, 0.3) is 6.08 Å². The van der Waals surface area contributed by atoms with Crippen molar-refractivity contribution in [2.24, 2.45) is 0 Å². The quantitative estimate of drug-likeness (QED) is 0.327. The first kappa shape index (κ1) is 9.01. The Kier molecular flexibility index (Phi) is 3.28. The van der Waals surface area contributed by atoms with Crippen molar-refractivity contribution in [3.63, 3.8) is 0 Å². The van der Waals surface area contributed by atoms with Gasteiger partial charge < -0.3 is 0 Å². The van der Waals surface area contributed by atoms with Gasteiger partial charge in [0.2, 0.25) is 0 Å². The smallest absolute Gasteiger partial charge is 0.181 e. The van der Waals surface area contributed by atoms with Crippen LogP contribution in [0.15, 0.2) is 30.3 Å². The average Bonchev–Trinajstić information content (AvgIpc) is 2.17. The zero-order chi connectivity index (χ0) is 9.52. The van der Waals surface area contributed by atoms with Gasteiger partial charge in [0.05, 0.1) is 5.69 Å². The number of hydrogen-bond donors (Lipinski definition) is 1. The number of benzene rings is 1.